The minimum absolute atomic E-state index is 0.0949. The van der Waals surface area contributed by atoms with Gasteiger partial charge in [-0.3, -0.25) is 9.78 Å². The second-order valence-corrected chi connectivity index (χ2v) is 6.02. The van der Waals surface area contributed by atoms with E-state index in [0.29, 0.717) is 11.5 Å². The van der Waals surface area contributed by atoms with Crippen LogP contribution in [0.25, 0.3) is 16.4 Å². The van der Waals surface area contributed by atoms with Gasteiger partial charge in [-0.15, -0.1) is 16.4 Å². The normalized spacial score (nSPS) is 10.7. The van der Waals surface area contributed by atoms with E-state index in [9.17, 15) is 9.59 Å². The van der Waals surface area contributed by atoms with Gasteiger partial charge in [0.2, 0.25) is 5.91 Å². The zero-order valence-corrected chi connectivity index (χ0v) is 13.5. The molecule has 3 aromatic heterocycles. The predicted octanol–water partition coefficient (Wildman–Crippen LogP) is 1.25. The minimum Gasteiger partial charge on any atom is -0.347 e. The number of nitrogens with zero attached hydrogens (tertiary/aromatic N) is 5. The van der Waals surface area contributed by atoms with Crippen LogP contribution < -0.4 is 5.69 Å². The Morgan fingerprint density at radius 1 is 1.26 bits per heavy atom. The predicted molar refractivity (Wildman–Crippen MR) is 87.6 cm³/mol. The highest BCUT2D eigenvalue weighted by Crippen LogP contribution is 2.23. The summed E-state index contributed by atoms with van der Waals surface area (Å²) in [4.78, 5) is 30.9. The van der Waals surface area contributed by atoms with E-state index in [0.717, 1.165) is 4.88 Å². The lowest BCUT2D eigenvalue weighted by molar-refractivity contribution is -0.129. The first-order valence-electron chi connectivity index (χ1n) is 6.92. The second kappa shape index (κ2) is 6.17. The van der Waals surface area contributed by atoms with Crippen LogP contribution in [0.4, 0.5) is 0 Å². The third-order valence-electron chi connectivity index (χ3n) is 3.29. The number of carbonyl (C=O) groups excluding carboxylic acids is 1. The number of amides is 1. The summed E-state index contributed by atoms with van der Waals surface area (Å²) < 4.78 is 2.69. The Morgan fingerprint density at radius 3 is 2.61 bits per heavy atom. The first-order chi connectivity index (χ1) is 11.1. The van der Waals surface area contributed by atoms with Gasteiger partial charge in [0.15, 0.2) is 5.82 Å². The summed E-state index contributed by atoms with van der Waals surface area (Å²) in [6, 6.07) is 7.25. The number of aromatic nitrogens is 4. The van der Waals surface area contributed by atoms with E-state index >= 15 is 0 Å². The maximum Gasteiger partial charge on any atom is 0.351 e. The van der Waals surface area contributed by atoms with E-state index in [-0.39, 0.29) is 18.1 Å². The molecule has 23 heavy (non-hydrogen) atoms. The van der Waals surface area contributed by atoms with E-state index in [1.807, 2.05) is 17.5 Å². The minimum atomic E-state index is -0.352. The van der Waals surface area contributed by atoms with Crippen LogP contribution in [0, 0.1) is 0 Å². The van der Waals surface area contributed by atoms with Gasteiger partial charge < -0.3 is 4.90 Å². The van der Waals surface area contributed by atoms with Crippen LogP contribution in [0.1, 0.15) is 0 Å². The number of likely N-dealkylation sites (N-methyl/N-ethyl adjacent to an activating group) is 1. The lowest BCUT2D eigenvalue weighted by Crippen LogP contribution is -2.32. The van der Waals surface area contributed by atoms with Crippen molar-refractivity contribution in [2.45, 2.75) is 6.54 Å². The quantitative estimate of drug-likeness (QED) is 0.722. The van der Waals surface area contributed by atoms with E-state index in [1.54, 1.807) is 38.6 Å². The zero-order valence-electron chi connectivity index (χ0n) is 12.7. The molecule has 0 unspecified atom stereocenters. The molecule has 0 saturated carbocycles. The van der Waals surface area contributed by atoms with Crippen LogP contribution in [0.5, 0.6) is 0 Å². The summed E-state index contributed by atoms with van der Waals surface area (Å²) in [5.41, 5.74) is 0.312. The summed E-state index contributed by atoms with van der Waals surface area (Å²) in [5, 5.41) is 6.28. The average Bonchev–Trinajstić information content (AvgIpc) is 3.17. The number of pyridine rings is 1. The van der Waals surface area contributed by atoms with Gasteiger partial charge in [-0.25, -0.2) is 14.0 Å². The van der Waals surface area contributed by atoms with Gasteiger partial charge in [-0.1, -0.05) is 6.07 Å². The van der Waals surface area contributed by atoms with Gasteiger partial charge in [0, 0.05) is 26.5 Å². The second-order valence-electron chi connectivity index (χ2n) is 5.07. The molecule has 0 atom stereocenters. The zero-order chi connectivity index (χ0) is 16.4. The van der Waals surface area contributed by atoms with Gasteiger partial charge in [0.25, 0.3) is 0 Å². The third-order valence-corrected chi connectivity index (χ3v) is 4.15. The van der Waals surface area contributed by atoms with Gasteiger partial charge >= 0.3 is 5.69 Å². The third kappa shape index (κ3) is 2.93. The summed E-state index contributed by atoms with van der Waals surface area (Å²) in [5.74, 6) is 0.326. The molecular weight excluding hydrogens is 314 g/mol. The first-order valence-corrected chi connectivity index (χ1v) is 7.80. The van der Waals surface area contributed by atoms with Crippen LogP contribution in [-0.2, 0) is 11.3 Å². The molecule has 0 spiro atoms. The average molecular weight is 329 g/mol. The Bertz CT molecular complexity index is 865. The molecule has 0 aliphatic heterocycles. The van der Waals surface area contributed by atoms with Gasteiger partial charge in [-0.05, 0) is 23.6 Å². The molecule has 8 heteroatoms. The van der Waals surface area contributed by atoms with Crippen molar-refractivity contribution in [2.24, 2.45) is 0 Å². The highest BCUT2D eigenvalue weighted by Gasteiger charge is 2.19. The van der Waals surface area contributed by atoms with Crippen molar-refractivity contribution in [3.05, 3.63) is 52.5 Å². The van der Waals surface area contributed by atoms with E-state index in [1.165, 1.54) is 25.5 Å². The maximum atomic E-state index is 12.7. The number of hydrogen-bond acceptors (Lipinski definition) is 5. The van der Waals surface area contributed by atoms with Gasteiger partial charge in [0.05, 0.1) is 10.6 Å². The molecule has 1 amide bonds. The Labute approximate surface area is 136 Å². The lowest BCUT2D eigenvalue weighted by Gasteiger charge is -2.08. The topological polar surface area (TPSA) is 73.0 Å². The summed E-state index contributed by atoms with van der Waals surface area (Å²) in [7, 11) is 3.29. The summed E-state index contributed by atoms with van der Waals surface area (Å²) in [6.07, 6.45) is 3.23. The molecule has 7 nitrogen and oxygen atoms in total. The highest BCUT2D eigenvalue weighted by atomic mass is 32.1. The maximum absolute atomic E-state index is 12.7. The van der Waals surface area contributed by atoms with Crippen LogP contribution in [0.15, 0.2) is 46.8 Å². The van der Waals surface area contributed by atoms with Crippen molar-refractivity contribution in [3.8, 4) is 16.4 Å². The number of rotatable bonds is 4. The standard InChI is InChI=1S/C15H15N5O2S/c1-18(2)13(21)10-19-15(22)20(11-5-7-16-8-6-11)14(17-19)12-4-3-9-23-12/h3-9H,10H2,1-2H3. The Morgan fingerprint density at radius 2 is 2.00 bits per heavy atom. The molecule has 0 fully saturated rings. The van der Waals surface area contributed by atoms with Crippen molar-refractivity contribution in [1.29, 1.82) is 0 Å². The van der Waals surface area contributed by atoms with Crippen LogP contribution in [0.2, 0.25) is 0 Å². The number of carbonyl (C=O) groups is 1. The van der Waals surface area contributed by atoms with Crippen LogP contribution >= 0.6 is 11.3 Å². The molecule has 0 aromatic carbocycles. The highest BCUT2D eigenvalue weighted by molar-refractivity contribution is 7.13. The molecule has 3 heterocycles. The fourth-order valence-corrected chi connectivity index (χ4v) is 2.77. The van der Waals surface area contributed by atoms with E-state index in [4.69, 9.17) is 0 Å². The number of hydrogen-bond donors (Lipinski definition) is 0. The largest absolute Gasteiger partial charge is 0.351 e. The molecule has 118 valence electrons. The van der Waals surface area contributed by atoms with Crippen LogP contribution in [-0.4, -0.2) is 44.2 Å². The molecular formula is C15H15N5O2S. The van der Waals surface area contributed by atoms with Gasteiger partial charge in [-0.2, -0.15) is 0 Å². The molecule has 0 aliphatic rings. The molecule has 3 rings (SSSR count). The van der Waals surface area contributed by atoms with Crippen molar-refractivity contribution < 1.29 is 4.79 Å². The van der Waals surface area contributed by atoms with Crippen molar-refractivity contribution in [3.63, 3.8) is 0 Å². The van der Waals surface area contributed by atoms with Crippen LogP contribution in [0.3, 0.4) is 0 Å². The Hall–Kier alpha value is -2.74. The van der Waals surface area contributed by atoms with E-state index in [2.05, 4.69) is 10.1 Å². The Kier molecular flexibility index (Phi) is 4.07. The lowest BCUT2D eigenvalue weighted by atomic mass is 10.3. The van der Waals surface area contributed by atoms with Gasteiger partial charge in [0.1, 0.15) is 6.54 Å². The summed E-state index contributed by atoms with van der Waals surface area (Å²) >= 11 is 1.49. The Balaban J connectivity index is 2.15. The molecule has 3 aromatic rings. The van der Waals surface area contributed by atoms with Crippen molar-refractivity contribution in [2.75, 3.05) is 14.1 Å². The monoisotopic (exact) mass is 329 g/mol. The molecule has 0 N–H and O–H groups in total. The van der Waals surface area contributed by atoms with Crippen molar-refractivity contribution >= 4 is 17.2 Å². The van der Waals surface area contributed by atoms with Crippen molar-refractivity contribution in [1.82, 2.24) is 24.2 Å². The SMILES string of the molecule is CN(C)C(=O)Cn1nc(-c2cccs2)n(-c2ccncc2)c1=O. The number of thiophene rings is 1. The molecule has 0 radical (unpaired) electrons. The van der Waals surface area contributed by atoms with E-state index < -0.39 is 0 Å². The fraction of sp³-hybridized carbons (Fsp3) is 0.200. The first kappa shape index (κ1) is 15.2. The molecule has 0 aliphatic carbocycles. The molecule has 0 bridgehead atoms. The fourth-order valence-electron chi connectivity index (χ4n) is 2.07. The smallest absolute Gasteiger partial charge is 0.347 e. The summed E-state index contributed by atoms with van der Waals surface area (Å²) in [6.45, 7) is -0.0949. The molecule has 0 saturated heterocycles.